The molecule has 0 aliphatic rings. The highest BCUT2D eigenvalue weighted by Gasteiger charge is 2.05. The summed E-state index contributed by atoms with van der Waals surface area (Å²) in [4.78, 5) is 15.8. The summed E-state index contributed by atoms with van der Waals surface area (Å²) in [5, 5.41) is 5.75. The molecular formula is C11H17N3O. The van der Waals surface area contributed by atoms with Crippen LogP contribution >= 0.6 is 0 Å². The zero-order chi connectivity index (χ0) is 11.1. The smallest absolute Gasteiger partial charge is 0.269 e. The van der Waals surface area contributed by atoms with Gasteiger partial charge in [0, 0.05) is 18.8 Å². The number of hydrogen-bond acceptors (Lipinski definition) is 3. The molecule has 0 saturated heterocycles. The van der Waals surface area contributed by atoms with Gasteiger partial charge in [0.2, 0.25) is 0 Å². The molecule has 0 atom stereocenters. The molecule has 0 radical (unpaired) electrons. The van der Waals surface area contributed by atoms with Crippen molar-refractivity contribution in [2.45, 2.75) is 13.3 Å². The summed E-state index contributed by atoms with van der Waals surface area (Å²) in [5.41, 5.74) is 1.43. The Hall–Kier alpha value is -1.42. The van der Waals surface area contributed by atoms with Crippen LogP contribution in [-0.4, -0.2) is 31.0 Å². The van der Waals surface area contributed by atoms with E-state index in [2.05, 4.69) is 15.6 Å². The molecule has 1 heterocycles. The molecule has 1 aromatic rings. The third kappa shape index (κ3) is 3.67. The molecule has 1 amide bonds. The van der Waals surface area contributed by atoms with Gasteiger partial charge < -0.3 is 10.6 Å². The highest BCUT2D eigenvalue weighted by atomic mass is 16.1. The lowest BCUT2D eigenvalue weighted by molar-refractivity contribution is 0.0949. The second kappa shape index (κ2) is 6.14. The van der Waals surface area contributed by atoms with Gasteiger partial charge in [0.15, 0.2) is 0 Å². The average molecular weight is 207 g/mol. The largest absolute Gasteiger partial charge is 0.349 e. The lowest BCUT2D eigenvalue weighted by atomic mass is 10.2. The van der Waals surface area contributed by atoms with E-state index in [4.69, 9.17) is 0 Å². The van der Waals surface area contributed by atoms with Gasteiger partial charge in [-0.15, -0.1) is 0 Å². The van der Waals surface area contributed by atoms with Crippen LogP contribution in [0.2, 0.25) is 0 Å². The van der Waals surface area contributed by atoms with Crippen molar-refractivity contribution < 1.29 is 4.79 Å². The molecule has 82 valence electrons. The fourth-order valence-corrected chi connectivity index (χ4v) is 1.19. The maximum atomic E-state index is 11.6. The molecule has 4 heteroatoms. The fourth-order valence-electron chi connectivity index (χ4n) is 1.19. The molecular weight excluding hydrogens is 190 g/mol. The summed E-state index contributed by atoms with van der Waals surface area (Å²) < 4.78 is 0. The SMILES string of the molecule is CCc1cccc(C(=O)NCCNC)n1. The molecule has 0 saturated carbocycles. The minimum Gasteiger partial charge on any atom is -0.349 e. The van der Waals surface area contributed by atoms with Crippen LogP contribution in [0.15, 0.2) is 18.2 Å². The number of hydrogen-bond donors (Lipinski definition) is 2. The Kier molecular flexibility index (Phi) is 4.77. The van der Waals surface area contributed by atoms with Crippen molar-refractivity contribution in [3.05, 3.63) is 29.6 Å². The van der Waals surface area contributed by atoms with E-state index in [1.807, 2.05) is 26.1 Å². The van der Waals surface area contributed by atoms with E-state index in [1.165, 1.54) is 0 Å². The number of rotatable bonds is 5. The van der Waals surface area contributed by atoms with Crippen LogP contribution in [0.5, 0.6) is 0 Å². The average Bonchev–Trinajstić information content (AvgIpc) is 2.29. The molecule has 1 rings (SSSR count). The zero-order valence-electron chi connectivity index (χ0n) is 9.21. The Morgan fingerprint density at radius 1 is 1.40 bits per heavy atom. The Labute approximate surface area is 90.1 Å². The van der Waals surface area contributed by atoms with Gasteiger partial charge in [0.05, 0.1) is 0 Å². The number of nitrogens with one attached hydrogen (secondary N) is 2. The van der Waals surface area contributed by atoms with Crippen LogP contribution in [0.4, 0.5) is 0 Å². The number of nitrogens with zero attached hydrogens (tertiary/aromatic N) is 1. The highest BCUT2D eigenvalue weighted by Crippen LogP contribution is 1.99. The molecule has 0 bridgehead atoms. The van der Waals surface area contributed by atoms with Crippen LogP contribution in [0.25, 0.3) is 0 Å². The second-order valence-electron chi connectivity index (χ2n) is 3.23. The lowest BCUT2D eigenvalue weighted by Gasteiger charge is -2.04. The zero-order valence-corrected chi connectivity index (χ0v) is 9.21. The minimum atomic E-state index is -0.111. The van der Waals surface area contributed by atoms with Crippen LogP contribution in [0.1, 0.15) is 23.1 Å². The third-order valence-electron chi connectivity index (χ3n) is 2.06. The predicted octanol–water partition coefficient (Wildman–Crippen LogP) is 0.593. The monoisotopic (exact) mass is 207 g/mol. The van der Waals surface area contributed by atoms with Gasteiger partial charge >= 0.3 is 0 Å². The van der Waals surface area contributed by atoms with Crippen LogP contribution < -0.4 is 10.6 Å². The molecule has 15 heavy (non-hydrogen) atoms. The van der Waals surface area contributed by atoms with Gasteiger partial charge in [0.1, 0.15) is 5.69 Å². The first-order valence-corrected chi connectivity index (χ1v) is 5.16. The second-order valence-corrected chi connectivity index (χ2v) is 3.23. The number of aryl methyl sites for hydroxylation is 1. The standard InChI is InChI=1S/C11H17N3O/c1-3-9-5-4-6-10(14-9)11(15)13-8-7-12-2/h4-6,12H,3,7-8H2,1-2H3,(H,13,15). The summed E-state index contributed by atoms with van der Waals surface area (Å²) in [7, 11) is 1.85. The predicted molar refractivity (Wildman–Crippen MR) is 59.9 cm³/mol. The van der Waals surface area contributed by atoms with Crippen molar-refractivity contribution >= 4 is 5.91 Å². The molecule has 0 aliphatic heterocycles. The first-order chi connectivity index (χ1) is 7.27. The number of likely N-dealkylation sites (N-methyl/N-ethyl adjacent to an activating group) is 1. The van der Waals surface area contributed by atoms with E-state index in [0.717, 1.165) is 18.7 Å². The molecule has 1 aromatic heterocycles. The quantitative estimate of drug-likeness (QED) is 0.695. The summed E-state index contributed by atoms with van der Waals surface area (Å²) >= 11 is 0. The Bertz CT molecular complexity index is 325. The lowest BCUT2D eigenvalue weighted by Crippen LogP contribution is -2.31. The maximum absolute atomic E-state index is 11.6. The molecule has 0 unspecified atom stereocenters. The first-order valence-electron chi connectivity index (χ1n) is 5.16. The van der Waals surface area contributed by atoms with Gasteiger partial charge in [-0.2, -0.15) is 0 Å². The number of aromatic nitrogens is 1. The summed E-state index contributed by atoms with van der Waals surface area (Å²) in [6, 6.07) is 5.51. The van der Waals surface area contributed by atoms with Gasteiger partial charge in [-0.1, -0.05) is 13.0 Å². The summed E-state index contributed by atoms with van der Waals surface area (Å²) in [6.07, 6.45) is 0.845. The molecule has 2 N–H and O–H groups in total. The van der Waals surface area contributed by atoms with E-state index in [-0.39, 0.29) is 5.91 Å². The van der Waals surface area contributed by atoms with Crippen molar-refractivity contribution in [1.82, 2.24) is 15.6 Å². The van der Waals surface area contributed by atoms with E-state index < -0.39 is 0 Å². The van der Waals surface area contributed by atoms with Gasteiger partial charge in [-0.05, 0) is 25.6 Å². The number of pyridine rings is 1. The summed E-state index contributed by atoms with van der Waals surface area (Å²) in [5.74, 6) is -0.111. The van der Waals surface area contributed by atoms with E-state index in [1.54, 1.807) is 6.07 Å². The van der Waals surface area contributed by atoms with Gasteiger partial charge in [0.25, 0.3) is 5.91 Å². The van der Waals surface area contributed by atoms with E-state index in [9.17, 15) is 4.79 Å². The number of carbonyl (C=O) groups is 1. The Morgan fingerprint density at radius 2 is 2.20 bits per heavy atom. The van der Waals surface area contributed by atoms with Crippen molar-refractivity contribution in [3.63, 3.8) is 0 Å². The number of amides is 1. The van der Waals surface area contributed by atoms with Crippen molar-refractivity contribution in [1.29, 1.82) is 0 Å². The van der Waals surface area contributed by atoms with Crippen molar-refractivity contribution in [2.75, 3.05) is 20.1 Å². The van der Waals surface area contributed by atoms with E-state index >= 15 is 0 Å². The van der Waals surface area contributed by atoms with Crippen LogP contribution in [-0.2, 0) is 6.42 Å². The number of carbonyl (C=O) groups excluding carboxylic acids is 1. The topological polar surface area (TPSA) is 54.0 Å². The Morgan fingerprint density at radius 3 is 2.87 bits per heavy atom. The molecule has 0 spiro atoms. The third-order valence-corrected chi connectivity index (χ3v) is 2.06. The molecule has 0 aliphatic carbocycles. The summed E-state index contributed by atoms with van der Waals surface area (Å²) in [6.45, 7) is 3.40. The minimum absolute atomic E-state index is 0.111. The van der Waals surface area contributed by atoms with Crippen LogP contribution in [0, 0.1) is 0 Å². The highest BCUT2D eigenvalue weighted by molar-refractivity contribution is 5.92. The Balaban J connectivity index is 2.57. The normalized spacial score (nSPS) is 10.0. The fraction of sp³-hybridized carbons (Fsp3) is 0.455. The van der Waals surface area contributed by atoms with E-state index in [0.29, 0.717) is 12.2 Å². The molecule has 0 aromatic carbocycles. The molecule has 0 fully saturated rings. The van der Waals surface area contributed by atoms with Gasteiger partial charge in [-0.3, -0.25) is 4.79 Å². The maximum Gasteiger partial charge on any atom is 0.269 e. The molecule has 4 nitrogen and oxygen atoms in total. The first kappa shape index (κ1) is 11.7. The van der Waals surface area contributed by atoms with Crippen LogP contribution in [0.3, 0.4) is 0 Å². The van der Waals surface area contributed by atoms with Gasteiger partial charge in [-0.25, -0.2) is 4.98 Å². The van der Waals surface area contributed by atoms with Crippen molar-refractivity contribution in [2.24, 2.45) is 0 Å². The van der Waals surface area contributed by atoms with Crippen molar-refractivity contribution in [3.8, 4) is 0 Å².